The molecule has 2 fully saturated rings. The van der Waals surface area contributed by atoms with Gasteiger partial charge in [0.2, 0.25) is 0 Å². The van der Waals surface area contributed by atoms with Gasteiger partial charge in [-0.2, -0.15) is 0 Å². The molecule has 154 valence electrons. The summed E-state index contributed by atoms with van der Waals surface area (Å²) in [6, 6.07) is 6.80. The second kappa shape index (κ2) is 10.0. The zero-order valence-corrected chi connectivity index (χ0v) is 18.3. The number of carbonyl (C=O) groups is 1. The van der Waals surface area contributed by atoms with Crippen molar-refractivity contribution in [2.45, 2.75) is 38.6 Å². The molecule has 1 aromatic carbocycles. The maximum atomic E-state index is 13.1. The molecule has 2 heterocycles. The second-order valence-corrected chi connectivity index (χ2v) is 8.36. The van der Waals surface area contributed by atoms with Crippen LogP contribution in [-0.2, 0) is 0 Å². The topological polar surface area (TPSA) is 45.2 Å². The molecule has 1 saturated carbocycles. The number of piperidine rings is 1. The molecule has 1 aromatic heterocycles. The van der Waals surface area contributed by atoms with Crippen molar-refractivity contribution in [3.05, 3.63) is 40.7 Å². The lowest BCUT2D eigenvalue weighted by Gasteiger charge is -2.32. The lowest BCUT2D eigenvalue weighted by molar-refractivity contribution is 0.0709. The Morgan fingerprint density at radius 3 is 2.43 bits per heavy atom. The number of nitrogens with zero attached hydrogens (tertiary/aromatic N) is 2. The van der Waals surface area contributed by atoms with E-state index in [-0.39, 0.29) is 36.5 Å². The average molecular weight is 446 g/mol. The summed E-state index contributed by atoms with van der Waals surface area (Å²) in [7, 11) is 0. The van der Waals surface area contributed by atoms with Crippen LogP contribution >= 0.6 is 36.2 Å². The van der Waals surface area contributed by atoms with Crippen molar-refractivity contribution in [3.8, 4) is 10.6 Å². The van der Waals surface area contributed by atoms with Crippen LogP contribution in [-0.4, -0.2) is 41.5 Å². The van der Waals surface area contributed by atoms with E-state index in [1.54, 1.807) is 12.1 Å². The number of rotatable bonds is 5. The molecule has 0 spiro atoms. The van der Waals surface area contributed by atoms with E-state index < -0.39 is 0 Å². The summed E-state index contributed by atoms with van der Waals surface area (Å²) in [4.78, 5) is 20.1. The minimum atomic E-state index is -0.267. The van der Waals surface area contributed by atoms with Gasteiger partial charge in [0.25, 0.3) is 5.91 Å². The number of thiazole rings is 1. The van der Waals surface area contributed by atoms with E-state index in [9.17, 15) is 9.18 Å². The first-order valence-electron chi connectivity index (χ1n) is 9.36. The molecule has 0 atom stereocenters. The third-order valence-electron chi connectivity index (χ3n) is 5.26. The van der Waals surface area contributed by atoms with Gasteiger partial charge in [0, 0.05) is 24.7 Å². The summed E-state index contributed by atoms with van der Waals surface area (Å²) in [6.07, 6.45) is 4.76. The third kappa shape index (κ3) is 5.44. The van der Waals surface area contributed by atoms with Crippen molar-refractivity contribution in [2.75, 3.05) is 19.6 Å². The molecule has 4 nitrogen and oxygen atoms in total. The second-order valence-electron chi connectivity index (χ2n) is 7.36. The maximum Gasteiger partial charge on any atom is 0.265 e. The quantitative estimate of drug-likeness (QED) is 0.724. The fourth-order valence-electron chi connectivity index (χ4n) is 3.40. The van der Waals surface area contributed by atoms with Crippen LogP contribution in [0.3, 0.4) is 0 Å². The highest BCUT2D eigenvalue weighted by atomic mass is 35.5. The molecule has 4 rings (SSSR count). The third-order valence-corrected chi connectivity index (χ3v) is 6.45. The normalized spacial score (nSPS) is 17.0. The molecular formula is C20H26Cl2FN3OS. The van der Waals surface area contributed by atoms with Crippen LogP contribution in [0.5, 0.6) is 0 Å². The number of amides is 1. The molecule has 1 aliphatic heterocycles. The van der Waals surface area contributed by atoms with Crippen LogP contribution in [0.2, 0.25) is 0 Å². The highest BCUT2D eigenvalue weighted by molar-refractivity contribution is 7.17. The first kappa shape index (κ1) is 23.1. The number of halogens is 3. The number of hydrogen-bond donors (Lipinski definition) is 1. The molecule has 8 heteroatoms. The van der Waals surface area contributed by atoms with E-state index >= 15 is 0 Å². The van der Waals surface area contributed by atoms with Crippen molar-refractivity contribution >= 4 is 42.1 Å². The van der Waals surface area contributed by atoms with Gasteiger partial charge in [0.15, 0.2) is 0 Å². The van der Waals surface area contributed by atoms with Crippen molar-refractivity contribution < 1.29 is 9.18 Å². The molecule has 1 N–H and O–H groups in total. The summed E-state index contributed by atoms with van der Waals surface area (Å²) in [5, 5.41) is 4.42. The summed E-state index contributed by atoms with van der Waals surface area (Å²) in [5.41, 5.74) is 1.61. The van der Waals surface area contributed by atoms with Crippen LogP contribution in [0.4, 0.5) is 4.39 Å². The molecule has 0 radical (unpaired) electrons. The number of aromatic nitrogens is 1. The van der Waals surface area contributed by atoms with E-state index in [4.69, 9.17) is 0 Å². The minimum Gasteiger partial charge on any atom is -0.338 e. The highest BCUT2D eigenvalue weighted by Crippen LogP contribution is 2.30. The molecule has 2 aromatic rings. The van der Waals surface area contributed by atoms with Crippen LogP contribution in [0.1, 0.15) is 41.0 Å². The maximum absolute atomic E-state index is 13.1. The summed E-state index contributed by atoms with van der Waals surface area (Å²) < 4.78 is 13.1. The van der Waals surface area contributed by atoms with Gasteiger partial charge in [-0.1, -0.05) is 0 Å². The molecule has 1 saturated heterocycles. The Hall–Kier alpha value is -1.21. The van der Waals surface area contributed by atoms with E-state index in [1.807, 2.05) is 11.8 Å². The van der Waals surface area contributed by atoms with Crippen LogP contribution in [0, 0.1) is 18.7 Å². The van der Waals surface area contributed by atoms with Crippen LogP contribution < -0.4 is 5.32 Å². The molecule has 0 unspecified atom stereocenters. The largest absolute Gasteiger partial charge is 0.338 e. The van der Waals surface area contributed by atoms with Crippen LogP contribution in [0.15, 0.2) is 24.3 Å². The Balaban J connectivity index is 0.00000140. The highest BCUT2D eigenvalue weighted by Gasteiger charge is 2.28. The zero-order valence-electron chi connectivity index (χ0n) is 15.8. The SMILES string of the molecule is Cc1nc(-c2ccc(F)cc2)sc1C(=O)N1CCC(NCC2CC2)CC1.Cl.Cl. The molecule has 2 aliphatic rings. The molecule has 28 heavy (non-hydrogen) atoms. The van der Waals surface area contributed by atoms with E-state index in [2.05, 4.69) is 10.3 Å². The number of carbonyl (C=O) groups excluding carboxylic acids is 1. The van der Waals surface area contributed by atoms with Gasteiger partial charge < -0.3 is 10.2 Å². The van der Waals surface area contributed by atoms with Gasteiger partial charge in [0.05, 0.1) is 5.69 Å². The predicted octanol–water partition coefficient (Wildman–Crippen LogP) is 4.71. The predicted molar refractivity (Wildman–Crippen MR) is 116 cm³/mol. The lowest BCUT2D eigenvalue weighted by atomic mass is 10.0. The number of hydrogen-bond acceptors (Lipinski definition) is 4. The van der Waals surface area contributed by atoms with E-state index in [0.717, 1.165) is 54.7 Å². The van der Waals surface area contributed by atoms with Gasteiger partial charge in [-0.15, -0.1) is 36.2 Å². The minimum absolute atomic E-state index is 0. The Morgan fingerprint density at radius 1 is 1.18 bits per heavy atom. The Kier molecular flexibility index (Phi) is 8.25. The molecule has 1 aliphatic carbocycles. The smallest absolute Gasteiger partial charge is 0.265 e. The number of likely N-dealkylation sites (tertiary alicyclic amines) is 1. The average Bonchev–Trinajstić information content (AvgIpc) is 3.41. The summed E-state index contributed by atoms with van der Waals surface area (Å²) >= 11 is 1.40. The van der Waals surface area contributed by atoms with E-state index in [0.29, 0.717) is 10.9 Å². The van der Waals surface area contributed by atoms with Gasteiger partial charge >= 0.3 is 0 Å². The van der Waals surface area contributed by atoms with Gasteiger partial charge in [-0.05, 0) is 69.3 Å². The lowest BCUT2D eigenvalue weighted by Crippen LogP contribution is -2.45. The Bertz CT molecular complexity index is 787. The number of nitrogens with one attached hydrogen (secondary N) is 1. The van der Waals surface area contributed by atoms with Crippen molar-refractivity contribution in [2.24, 2.45) is 5.92 Å². The van der Waals surface area contributed by atoms with Gasteiger partial charge in [-0.25, -0.2) is 9.37 Å². The van der Waals surface area contributed by atoms with Crippen molar-refractivity contribution in [1.82, 2.24) is 15.2 Å². The fourth-order valence-corrected chi connectivity index (χ4v) is 4.44. The first-order chi connectivity index (χ1) is 12.6. The molecule has 0 bridgehead atoms. The van der Waals surface area contributed by atoms with Crippen molar-refractivity contribution in [1.29, 1.82) is 0 Å². The fraction of sp³-hybridized carbons (Fsp3) is 0.500. The summed E-state index contributed by atoms with van der Waals surface area (Å²) in [6.45, 7) is 4.60. The first-order valence-corrected chi connectivity index (χ1v) is 10.2. The van der Waals surface area contributed by atoms with E-state index in [1.165, 1.54) is 36.3 Å². The van der Waals surface area contributed by atoms with Crippen LogP contribution in [0.25, 0.3) is 10.6 Å². The molecular weight excluding hydrogens is 420 g/mol. The Labute approximate surface area is 181 Å². The van der Waals surface area contributed by atoms with Gasteiger partial charge in [0.1, 0.15) is 15.7 Å². The van der Waals surface area contributed by atoms with Crippen molar-refractivity contribution in [3.63, 3.8) is 0 Å². The standard InChI is InChI=1S/C20H24FN3OS.2ClH/c1-13-18(26-19(23-13)15-4-6-16(21)7-5-15)20(25)24-10-8-17(9-11-24)22-12-14-2-3-14;;/h4-7,14,17,22H,2-3,8-12H2,1H3;2*1H. The number of benzene rings is 1. The monoisotopic (exact) mass is 445 g/mol. The summed E-state index contributed by atoms with van der Waals surface area (Å²) in [5.74, 6) is 0.699. The molecule has 1 amide bonds. The van der Waals surface area contributed by atoms with Gasteiger partial charge in [-0.3, -0.25) is 4.79 Å². The zero-order chi connectivity index (χ0) is 18.1. The number of aryl methyl sites for hydroxylation is 1. The Morgan fingerprint density at radius 2 is 1.82 bits per heavy atom.